The molecule has 1 amide bonds. The predicted molar refractivity (Wildman–Crippen MR) is 141 cm³/mol. The fourth-order valence-electron chi connectivity index (χ4n) is 4.28. The molecule has 2 aliphatic heterocycles. The van der Waals surface area contributed by atoms with Crippen molar-refractivity contribution in [3.8, 4) is 0 Å². The molecule has 1 aromatic carbocycles. The second-order valence-corrected chi connectivity index (χ2v) is 11.2. The first-order valence-corrected chi connectivity index (χ1v) is 13.2. The zero-order valence-electron chi connectivity index (χ0n) is 20.1. The van der Waals surface area contributed by atoms with Crippen LogP contribution < -0.4 is 10.2 Å². The third-order valence-corrected chi connectivity index (χ3v) is 7.98. The largest absolute Gasteiger partial charge is 0.450 e. The second kappa shape index (κ2) is 10.0. The summed E-state index contributed by atoms with van der Waals surface area (Å²) in [5.41, 5.74) is 3.31. The van der Waals surface area contributed by atoms with Crippen molar-refractivity contribution in [3.63, 3.8) is 0 Å². The van der Waals surface area contributed by atoms with Gasteiger partial charge in [-0.1, -0.05) is 20.8 Å². The summed E-state index contributed by atoms with van der Waals surface area (Å²) in [6.07, 6.45) is 3.47. The van der Waals surface area contributed by atoms with E-state index in [1.54, 1.807) is 16.2 Å². The smallest absolute Gasteiger partial charge is 0.409 e. The highest BCUT2D eigenvalue weighted by atomic mass is 32.1. The van der Waals surface area contributed by atoms with Crippen molar-refractivity contribution in [2.24, 2.45) is 0 Å². The highest BCUT2D eigenvalue weighted by Crippen LogP contribution is 2.38. The fraction of sp³-hybridized carbons (Fsp3) is 0.625. The highest BCUT2D eigenvalue weighted by molar-refractivity contribution is 7.80. The number of thiocarbonyl (C=S) groups is 1. The normalized spacial score (nSPS) is 17.4. The zero-order valence-corrected chi connectivity index (χ0v) is 21.8. The van der Waals surface area contributed by atoms with Gasteiger partial charge in [-0.05, 0) is 50.5 Å². The Bertz CT molecular complexity index is 1000. The number of carbonyl (C=O) groups excluding carboxylic acids is 1. The minimum absolute atomic E-state index is 0.0243. The summed E-state index contributed by atoms with van der Waals surface area (Å²) in [5.74, 6) is 0. The zero-order chi connectivity index (χ0) is 23.6. The third-order valence-electron chi connectivity index (χ3n) is 6.18. The molecule has 0 atom stereocenters. The first kappa shape index (κ1) is 24.0. The van der Waals surface area contributed by atoms with Gasteiger partial charge in [0.05, 0.1) is 33.2 Å². The van der Waals surface area contributed by atoms with Crippen molar-refractivity contribution < 1.29 is 9.53 Å². The van der Waals surface area contributed by atoms with E-state index in [0.717, 1.165) is 29.3 Å². The van der Waals surface area contributed by atoms with Gasteiger partial charge in [0.25, 0.3) is 0 Å². The lowest BCUT2D eigenvalue weighted by molar-refractivity contribution is 0.0923. The fourth-order valence-corrected chi connectivity index (χ4v) is 5.62. The lowest BCUT2D eigenvalue weighted by atomic mass is 9.98. The van der Waals surface area contributed by atoms with Gasteiger partial charge in [0, 0.05) is 44.7 Å². The van der Waals surface area contributed by atoms with Gasteiger partial charge >= 0.3 is 6.09 Å². The highest BCUT2D eigenvalue weighted by Gasteiger charge is 2.25. The molecule has 0 bridgehead atoms. The molecule has 0 spiro atoms. The number of aromatic nitrogens is 1. The Labute approximate surface area is 206 Å². The maximum absolute atomic E-state index is 12.0. The number of thiazole rings is 1. The van der Waals surface area contributed by atoms with Gasteiger partial charge in [0.1, 0.15) is 0 Å². The van der Waals surface area contributed by atoms with Gasteiger partial charge in [0.2, 0.25) is 0 Å². The number of rotatable bonds is 3. The third kappa shape index (κ3) is 5.51. The molecule has 0 radical (unpaired) electrons. The molecule has 4 rings (SSSR count). The predicted octanol–water partition coefficient (Wildman–Crippen LogP) is 5.06. The molecule has 33 heavy (non-hydrogen) atoms. The number of ether oxygens (including phenoxy) is 1. The Kier molecular flexibility index (Phi) is 7.28. The summed E-state index contributed by atoms with van der Waals surface area (Å²) in [6.45, 7) is 13.6. The van der Waals surface area contributed by atoms with E-state index < -0.39 is 0 Å². The van der Waals surface area contributed by atoms with Crippen LogP contribution in [0.1, 0.15) is 52.0 Å². The van der Waals surface area contributed by atoms with Crippen molar-refractivity contribution >= 4 is 56.4 Å². The quantitative estimate of drug-likeness (QED) is 0.605. The number of hydrogen-bond donors (Lipinski definition) is 1. The van der Waals surface area contributed by atoms with Crippen LogP contribution in [0, 0.1) is 0 Å². The number of anilines is 2. The molecule has 2 saturated heterocycles. The number of benzene rings is 1. The van der Waals surface area contributed by atoms with E-state index in [0.29, 0.717) is 37.9 Å². The summed E-state index contributed by atoms with van der Waals surface area (Å²) in [7, 11) is 0. The Morgan fingerprint density at radius 3 is 2.39 bits per heavy atom. The molecule has 180 valence electrons. The number of nitrogens with zero attached hydrogens (tertiary/aromatic N) is 4. The van der Waals surface area contributed by atoms with Crippen LogP contribution in [0.3, 0.4) is 0 Å². The molecule has 0 saturated carbocycles. The van der Waals surface area contributed by atoms with Crippen LogP contribution in [0.25, 0.3) is 10.2 Å². The summed E-state index contributed by atoms with van der Waals surface area (Å²) < 4.78 is 6.31. The Morgan fingerprint density at radius 1 is 1.09 bits per heavy atom. The van der Waals surface area contributed by atoms with Crippen LogP contribution in [0.15, 0.2) is 12.1 Å². The maximum atomic E-state index is 12.0. The van der Waals surface area contributed by atoms with Gasteiger partial charge in [-0.3, -0.25) is 0 Å². The minimum Gasteiger partial charge on any atom is -0.450 e. The van der Waals surface area contributed by atoms with Crippen molar-refractivity contribution in [1.29, 1.82) is 0 Å². The molecule has 1 aromatic heterocycles. The van der Waals surface area contributed by atoms with Crippen LogP contribution in [0.4, 0.5) is 16.2 Å². The Morgan fingerprint density at radius 2 is 1.76 bits per heavy atom. The number of nitrogens with one attached hydrogen (secondary N) is 1. The number of fused-ring (bicyclic) bond motifs is 1. The lowest BCUT2D eigenvalue weighted by Gasteiger charge is -2.36. The topological polar surface area (TPSA) is 60.9 Å². The van der Waals surface area contributed by atoms with Crippen molar-refractivity contribution in [2.75, 3.05) is 56.1 Å². The van der Waals surface area contributed by atoms with E-state index in [1.807, 2.05) is 6.92 Å². The van der Waals surface area contributed by atoms with E-state index in [4.69, 9.17) is 21.9 Å². The first-order chi connectivity index (χ1) is 15.8. The molecule has 9 heteroatoms. The van der Waals surface area contributed by atoms with Gasteiger partial charge in [-0.15, -0.1) is 11.3 Å². The molecule has 2 aromatic rings. The number of hydrogen-bond acceptors (Lipinski definition) is 6. The van der Waals surface area contributed by atoms with Gasteiger partial charge in [0.15, 0.2) is 5.11 Å². The summed E-state index contributed by atoms with van der Waals surface area (Å²) in [5, 5.41) is 5.40. The SMILES string of the molecule is CCOC(=O)N1CCN(C(=S)Nc2cc3sc(C(C)(C)C)nc3cc2N2CCCCC2)CC1. The Balaban J connectivity index is 1.55. The molecule has 2 aliphatic rings. The number of piperidine rings is 1. The van der Waals surface area contributed by atoms with E-state index in [1.165, 1.54) is 29.6 Å². The average molecular weight is 490 g/mol. The monoisotopic (exact) mass is 489 g/mol. The summed E-state index contributed by atoms with van der Waals surface area (Å²) in [6, 6.07) is 4.45. The maximum Gasteiger partial charge on any atom is 0.409 e. The van der Waals surface area contributed by atoms with Crippen LogP contribution in [-0.2, 0) is 10.2 Å². The minimum atomic E-state index is -0.242. The molecule has 1 N–H and O–H groups in total. The molecular weight excluding hydrogens is 454 g/mol. The van der Waals surface area contributed by atoms with E-state index in [2.05, 4.69) is 48.0 Å². The van der Waals surface area contributed by atoms with Gasteiger partial charge in [-0.25, -0.2) is 9.78 Å². The van der Waals surface area contributed by atoms with E-state index in [9.17, 15) is 4.79 Å². The summed E-state index contributed by atoms with van der Waals surface area (Å²) in [4.78, 5) is 23.3. The Hall–Kier alpha value is -2.13. The van der Waals surface area contributed by atoms with Crippen molar-refractivity contribution in [3.05, 3.63) is 17.1 Å². The molecule has 0 unspecified atom stereocenters. The standard InChI is InChI=1S/C24H35N5O2S2/c1-5-31-23(30)29-13-11-28(12-14-29)22(32)26-17-16-20-18(25-21(33-20)24(2,3)4)15-19(17)27-9-7-6-8-10-27/h15-16H,5-14H2,1-4H3,(H,26,32). The molecule has 3 heterocycles. The summed E-state index contributed by atoms with van der Waals surface area (Å²) >= 11 is 7.57. The van der Waals surface area contributed by atoms with Crippen LogP contribution in [0.5, 0.6) is 0 Å². The number of piperazine rings is 1. The van der Waals surface area contributed by atoms with E-state index >= 15 is 0 Å². The first-order valence-electron chi connectivity index (χ1n) is 11.9. The van der Waals surface area contributed by atoms with Gasteiger partial charge in [-0.2, -0.15) is 0 Å². The number of amides is 1. The van der Waals surface area contributed by atoms with Crippen LogP contribution in [0.2, 0.25) is 0 Å². The number of carbonyl (C=O) groups is 1. The van der Waals surface area contributed by atoms with Crippen molar-refractivity contribution in [2.45, 2.75) is 52.4 Å². The molecule has 2 fully saturated rings. The molecule has 0 aliphatic carbocycles. The van der Waals surface area contributed by atoms with E-state index in [-0.39, 0.29) is 11.5 Å². The molecule has 7 nitrogen and oxygen atoms in total. The van der Waals surface area contributed by atoms with Crippen molar-refractivity contribution in [1.82, 2.24) is 14.8 Å². The molecular formula is C24H35N5O2S2. The average Bonchev–Trinajstić information content (AvgIpc) is 3.23. The van der Waals surface area contributed by atoms with Gasteiger partial charge < -0.3 is 24.8 Å². The van der Waals surface area contributed by atoms with Crippen LogP contribution >= 0.6 is 23.6 Å². The van der Waals surface area contributed by atoms with Crippen LogP contribution in [-0.4, -0.2) is 71.9 Å². The lowest BCUT2D eigenvalue weighted by Crippen LogP contribution is -2.51. The second-order valence-electron chi connectivity index (χ2n) is 9.76.